The van der Waals surface area contributed by atoms with Crippen LogP contribution in [0.4, 0.5) is 8.78 Å². The molecule has 11 heteroatoms. The van der Waals surface area contributed by atoms with Crippen LogP contribution in [0.1, 0.15) is 23.4 Å². The first-order chi connectivity index (χ1) is 13.9. The lowest BCUT2D eigenvalue weighted by atomic mass is 10.1. The Morgan fingerprint density at radius 3 is 2.66 bits per heavy atom. The molecule has 1 N–H and O–H groups in total. The number of para-hydroxylation sites is 1. The second-order valence-electron chi connectivity index (χ2n) is 5.65. The zero-order valence-corrected chi connectivity index (χ0v) is 17.2. The number of rotatable bonds is 7. The van der Waals surface area contributed by atoms with Gasteiger partial charge in [-0.15, -0.1) is 0 Å². The van der Waals surface area contributed by atoms with Gasteiger partial charge in [-0.1, -0.05) is 29.3 Å². The van der Waals surface area contributed by atoms with Crippen molar-refractivity contribution in [3.8, 4) is 11.5 Å². The second kappa shape index (κ2) is 9.34. The summed E-state index contributed by atoms with van der Waals surface area (Å²) in [6.45, 7) is 0.113. The maximum Gasteiger partial charge on any atom is 0.299 e. The Balaban J connectivity index is 1.86. The summed E-state index contributed by atoms with van der Waals surface area (Å²) in [4.78, 5) is 0. The number of methoxy groups -OCH3 is 1. The Morgan fingerprint density at radius 1 is 1.28 bits per heavy atom. The highest BCUT2D eigenvalue weighted by molar-refractivity contribution is 7.71. The van der Waals surface area contributed by atoms with Crippen LogP contribution in [0.2, 0.25) is 10.0 Å². The molecule has 0 fully saturated rings. The number of halogens is 4. The fourth-order valence-electron chi connectivity index (χ4n) is 2.44. The first-order valence-corrected chi connectivity index (χ1v) is 9.30. The molecule has 0 saturated heterocycles. The van der Waals surface area contributed by atoms with Gasteiger partial charge in [0.1, 0.15) is 12.4 Å². The van der Waals surface area contributed by atoms with E-state index < -0.39 is 12.2 Å². The van der Waals surface area contributed by atoms with E-state index in [0.717, 1.165) is 4.68 Å². The van der Waals surface area contributed by atoms with Gasteiger partial charge < -0.3 is 9.47 Å². The number of aromatic nitrogens is 3. The quantitative estimate of drug-likeness (QED) is 0.366. The maximum atomic E-state index is 13.0. The molecule has 0 unspecified atom stereocenters. The van der Waals surface area contributed by atoms with Gasteiger partial charge in [0.15, 0.2) is 5.75 Å². The molecule has 0 bridgehead atoms. The van der Waals surface area contributed by atoms with Crippen molar-refractivity contribution in [2.24, 2.45) is 5.10 Å². The predicted molar refractivity (Wildman–Crippen MR) is 109 cm³/mol. The molecular formula is C18H14Cl2F2N4O2S. The molecule has 1 heterocycles. The third-order valence-electron chi connectivity index (χ3n) is 3.79. The monoisotopic (exact) mass is 458 g/mol. The summed E-state index contributed by atoms with van der Waals surface area (Å²) in [5.41, 5.74) is 1.29. The summed E-state index contributed by atoms with van der Waals surface area (Å²) in [7, 11) is 1.52. The fourth-order valence-corrected chi connectivity index (χ4v) is 3.14. The van der Waals surface area contributed by atoms with Gasteiger partial charge in [-0.25, -0.2) is 13.9 Å². The van der Waals surface area contributed by atoms with E-state index in [1.807, 2.05) is 0 Å². The number of benzene rings is 2. The molecule has 3 rings (SSSR count). The number of nitrogens with one attached hydrogen (secondary N) is 1. The molecule has 0 aliphatic carbocycles. The van der Waals surface area contributed by atoms with E-state index in [-0.39, 0.29) is 11.4 Å². The molecule has 0 saturated carbocycles. The standard InChI is InChI=1S/C18H14Cl2F2N4O2S/c1-27-14-6-5-10(8-23-26-17(16(21)22)24-25-18(26)29)7-11(14)9-28-15-12(19)3-2-4-13(15)20/h2-8,16H,9H2,1H3,(H,25,29)/b23-8+. The topological polar surface area (TPSA) is 64.4 Å². The molecule has 0 radical (unpaired) electrons. The summed E-state index contributed by atoms with van der Waals surface area (Å²) in [6, 6.07) is 10.2. The highest BCUT2D eigenvalue weighted by Gasteiger charge is 2.16. The van der Waals surface area contributed by atoms with Crippen molar-refractivity contribution in [3.63, 3.8) is 0 Å². The molecule has 0 aliphatic rings. The van der Waals surface area contributed by atoms with E-state index in [1.54, 1.807) is 36.4 Å². The Bertz CT molecular complexity index is 1080. The van der Waals surface area contributed by atoms with E-state index in [1.165, 1.54) is 13.3 Å². The van der Waals surface area contributed by atoms with Gasteiger partial charge in [0.2, 0.25) is 10.6 Å². The lowest BCUT2D eigenvalue weighted by Crippen LogP contribution is -2.02. The zero-order valence-electron chi connectivity index (χ0n) is 14.9. The lowest BCUT2D eigenvalue weighted by Gasteiger charge is -2.13. The molecule has 0 aliphatic heterocycles. The number of hydrogen-bond acceptors (Lipinski definition) is 5. The average Bonchev–Trinajstić information content (AvgIpc) is 3.07. The minimum atomic E-state index is -2.82. The number of alkyl halides is 2. The van der Waals surface area contributed by atoms with Crippen LogP contribution in [0.15, 0.2) is 41.5 Å². The minimum Gasteiger partial charge on any atom is -0.496 e. The number of H-pyrrole nitrogens is 1. The van der Waals surface area contributed by atoms with Crippen LogP contribution in [0, 0.1) is 4.77 Å². The molecular weight excluding hydrogens is 445 g/mol. The smallest absolute Gasteiger partial charge is 0.299 e. The van der Waals surface area contributed by atoms with Gasteiger partial charge in [-0.3, -0.25) is 0 Å². The number of hydrogen-bond donors (Lipinski definition) is 1. The maximum absolute atomic E-state index is 13.0. The summed E-state index contributed by atoms with van der Waals surface area (Å²) in [6.07, 6.45) is -1.44. The third-order valence-corrected chi connectivity index (χ3v) is 4.65. The van der Waals surface area contributed by atoms with E-state index in [0.29, 0.717) is 32.7 Å². The van der Waals surface area contributed by atoms with Crippen molar-refractivity contribution < 1.29 is 18.3 Å². The summed E-state index contributed by atoms with van der Waals surface area (Å²) in [5, 5.41) is 10.5. The van der Waals surface area contributed by atoms with Crippen LogP contribution in [0.5, 0.6) is 11.5 Å². The fraction of sp³-hybridized carbons (Fsp3) is 0.167. The summed E-state index contributed by atoms with van der Waals surface area (Å²) in [5.74, 6) is 0.346. The molecule has 3 aromatic rings. The molecule has 0 amide bonds. The number of nitrogens with zero attached hydrogens (tertiary/aromatic N) is 3. The van der Waals surface area contributed by atoms with Gasteiger partial charge in [-0.2, -0.15) is 14.9 Å². The molecule has 0 atom stereocenters. The van der Waals surface area contributed by atoms with Crippen LogP contribution in [-0.4, -0.2) is 28.2 Å². The Hall–Kier alpha value is -2.49. The first-order valence-electron chi connectivity index (χ1n) is 8.14. The van der Waals surface area contributed by atoms with Crippen LogP contribution in [-0.2, 0) is 6.61 Å². The van der Waals surface area contributed by atoms with Crippen molar-refractivity contribution in [3.05, 3.63) is 68.2 Å². The zero-order chi connectivity index (χ0) is 21.0. The van der Waals surface area contributed by atoms with Crippen molar-refractivity contribution in [1.82, 2.24) is 14.9 Å². The second-order valence-corrected chi connectivity index (χ2v) is 6.86. The van der Waals surface area contributed by atoms with E-state index in [9.17, 15) is 8.78 Å². The van der Waals surface area contributed by atoms with Gasteiger partial charge in [0.25, 0.3) is 6.43 Å². The number of aromatic amines is 1. The molecule has 1 aromatic heterocycles. The first kappa shape index (κ1) is 21.2. The van der Waals surface area contributed by atoms with Crippen molar-refractivity contribution >= 4 is 41.6 Å². The molecule has 2 aromatic carbocycles. The van der Waals surface area contributed by atoms with Gasteiger partial charge >= 0.3 is 0 Å². The lowest BCUT2D eigenvalue weighted by molar-refractivity contribution is 0.136. The molecule has 6 nitrogen and oxygen atoms in total. The highest BCUT2D eigenvalue weighted by Crippen LogP contribution is 2.33. The van der Waals surface area contributed by atoms with Gasteiger partial charge in [0, 0.05) is 5.56 Å². The predicted octanol–water partition coefficient (Wildman–Crippen LogP) is 5.65. The van der Waals surface area contributed by atoms with Crippen molar-refractivity contribution in [2.45, 2.75) is 13.0 Å². The van der Waals surface area contributed by atoms with Crippen molar-refractivity contribution in [2.75, 3.05) is 7.11 Å². The van der Waals surface area contributed by atoms with Crippen LogP contribution < -0.4 is 9.47 Å². The molecule has 29 heavy (non-hydrogen) atoms. The highest BCUT2D eigenvalue weighted by atomic mass is 35.5. The minimum absolute atomic E-state index is 0.0398. The average molecular weight is 459 g/mol. The van der Waals surface area contributed by atoms with E-state index in [4.69, 9.17) is 44.9 Å². The molecule has 152 valence electrons. The Morgan fingerprint density at radius 2 is 2.00 bits per heavy atom. The largest absolute Gasteiger partial charge is 0.496 e. The van der Waals surface area contributed by atoms with Crippen molar-refractivity contribution in [1.29, 1.82) is 0 Å². The van der Waals surface area contributed by atoms with Crippen LogP contribution in [0.25, 0.3) is 0 Å². The van der Waals surface area contributed by atoms with Gasteiger partial charge in [-0.05, 0) is 48.1 Å². The van der Waals surface area contributed by atoms with E-state index >= 15 is 0 Å². The van der Waals surface area contributed by atoms with E-state index in [2.05, 4.69) is 15.3 Å². The normalized spacial score (nSPS) is 11.4. The Labute approximate surface area is 179 Å². The Kier molecular flexibility index (Phi) is 6.83. The van der Waals surface area contributed by atoms with Crippen LogP contribution in [0.3, 0.4) is 0 Å². The number of ether oxygens (including phenoxy) is 2. The van der Waals surface area contributed by atoms with Crippen LogP contribution >= 0.6 is 35.4 Å². The van der Waals surface area contributed by atoms with Gasteiger partial charge in [0.05, 0.1) is 23.4 Å². The third kappa shape index (κ3) is 4.92. The summed E-state index contributed by atoms with van der Waals surface area (Å²) >= 11 is 17.2. The molecule has 0 spiro atoms. The summed E-state index contributed by atoms with van der Waals surface area (Å²) < 4.78 is 37.9. The SMILES string of the molecule is COc1ccc(/C=N/n2c(C(F)F)n[nH]c2=S)cc1COc1c(Cl)cccc1Cl.